The van der Waals surface area contributed by atoms with E-state index in [2.05, 4.69) is 52.4 Å². The number of hydrogen-bond donors (Lipinski definition) is 1. The third-order valence-corrected chi connectivity index (χ3v) is 4.16. The lowest BCUT2D eigenvalue weighted by Crippen LogP contribution is -2.29. The van der Waals surface area contributed by atoms with Crippen LogP contribution in [0.2, 0.25) is 0 Å². The SMILES string of the molecule is CN1CCCN=C1Sc1c[nH]c2ccccc12.I. The van der Waals surface area contributed by atoms with Crippen LogP contribution in [0.5, 0.6) is 0 Å². The molecule has 96 valence electrons. The minimum Gasteiger partial charge on any atom is -0.360 e. The van der Waals surface area contributed by atoms with Gasteiger partial charge in [0.05, 0.1) is 0 Å². The van der Waals surface area contributed by atoms with Crippen LogP contribution in [0.4, 0.5) is 0 Å². The monoisotopic (exact) mass is 373 g/mol. The Kier molecular flexibility index (Phi) is 4.55. The lowest BCUT2D eigenvalue weighted by Gasteiger charge is -2.23. The molecule has 0 radical (unpaired) electrons. The first kappa shape index (κ1) is 13.7. The maximum absolute atomic E-state index is 4.58. The van der Waals surface area contributed by atoms with Gasteiger partial charge in [-0.1, -0.05) is 30.0 Å². The van der Waals surface area contributed by atoms with Gasteiger partial charge in [0.1, 0.15) is 0 Å². The molecule has 5 heteroatoms. The zero-order chi connectivity index (χ0) is 11.7. The van der Waals surface area contributed by atoms with E-state index >= 15 is 0 Å². The van der Waals surface area contributed by atoms with E-state index < -0.39 is 0 Å². The van der Waals surface area contributed by atoms with Gasteiger partial charge >= 0.3 is 0 Å². The number of rotatable bonds is 1. The Morgan fingerprint density at radius 1 is 1.33 bits per heavy atom. The van der Waals surface area contributed by atoms with Gasteiger partial charge in [-0.05, 0) is 12.5 Å². The number of amidine groups is 1. The molecule has 0 fully saturated rings. The van der Waals surface area contributed by atoms with Gasteiger partial charge in [0.15, 0.2) is 5.17 Å². The molecule has 1 N–H and O–H groups in total. The van der Waals surface area contributed by atoms with E-state index in [1.165, 1.54) is 15.8 Å². The van der Waals surface area contributed by atoms with Crippen molar-refractivity contribution in [3.8, 4) is 0 Å². The van der Waals surface area contributed by atoms with E-state index in [0.29, 0.717) is 0 Å². The standard InChI is InChI=1S/C13H15N3S.HI/c1-16-8-4-7-14-13(16)17-12-9-15-11-6-3-2-5-10(11)12;/h2-3,5-6,9,15H,4,7-8H2,1H3;1H. The second-order valence-corrected chi connectivity index (χ2v) is 5.25. The molecule has 3 rings (SSSR count). The van der Waals surface area contributed by atoms with Crippen LogP contribution in [0.1, 0.15) is 6.42 Å². The summed E-state index contributed by atoms with van der Waals surface area (Å²) in [5.41, 5.74) is 1.19. The Morgan fingerprint density at radius 3 is 3.00 bits per heavy atom. The summed E-state index contributed by atoms with van der Waals surface area (Å²) in [5, 5.41) is 2.40. The zero-order valence-corrected chi connectivity index (χ0v) is 13.4. The summed E-state index contributed by atoms with van der Waals surface area (Å²) in [6.07, 6.45) is 3.23. The normalized spacial score (nSPS) is 15.4. The van der Waals surface area contributed by atoms with Crippen molar-refractivity contribution in [1.82, 2.24) is 9.88 Å². The second-order valence-electron chi connectivity index (χ2n) is 4.24. The smallest absolute Gasteiger partial charge is 0.163 e. The number of fused-ring (bicyclic) bond motifs is 1. The van der Waals surface area contributed by atoms with Crippen LogP contribution in [0, 0.1) is 0 Å². The zero-order valence-electron chi connectivity index (χ0n) is 10.2. The minimum absolute atomic E-state index is 0. The van der Waals surface area contributed by atoms with Gasteiger partial charge in [0, 0.05) is 42.1 Å². The first-order valence-electron chi connectivity index (χ1n) is 5.84. The minimum atomic E-state index is 0. The largest absolute Gasteiger partial charge is 0.360 e. The summed E-state index contributed by atoms with van der Waals surface area (Å²) >= 11 is 1.75. The highest BCUT2D eigenvalue weighted by molar-refractivity contribution is 14.0. The quantitative estimate of drug-likeness (QED) is 0.775. The van der Waals surface area contributed by atoms with E-state index in [1.807, 2.05) is 0 Å². The molecular formula is C13H16IN3S. The van der Waals surface area contributed by atoms with Crippen LogP contribution in [-0.4, -0.2) is 35.2 Å². The summed E-state index contributed by atoms with van der Waals surface area (Å²) in [7, 11) is 2.11. The Hall–Kier alpha value is -0.690. The summed E-state index contributed by atoms with van der Waals surface area (Å²) in [6.45, 7) is 2.06. The molecule has 2 aromatic rings. The Morgan fingerprint density at radius 2 is 2.17 bits per heavy atom. The molecular weight excluding hydrogens is 357 g/mol. The van der Waals surface area contributed by atoms with Gasteiger partial charge in [0.2, 0.25) is 0 Å². The number of thioether (sulfide) groups is 1. The molecule has 1 aliphatic rings. The van der Waals surface area contributed by atoms with E-state index in [-0.39, 0.29) is 24.0 Å². The predicted molar refractivity (Wildman–Crippen MR) is 89.1 cm³/mol. The van der Waals surface area contributed by atoms with Crippen LogP contribution in [0.25, 0.3) is 10.9 Å². The van der Waals surface area contributed by atoms with Gasteiger partial charge in [-0.2, -0.15) is 0 Å². The average Bonchev–Trinajstić information content (AvgIpc) is 2.76. The van der Waals surface area contributed by atoms with Gasteiger partial charge in [-0.25, -0.2) is 0 Å². The molecule has 3 nitrogen and oxygen atoms in total. The molecule has 0 bridgehead atoms. The first-order chi connectivity index (χ1) is 8.34. The topological polar surface area (TPSA) is 31.4 Å². The average molecular weight is 373 g/mol. The molecule has 0 saturated heterocycles. The highest BCUT2D eigenvalue weighted by Gasteiger charge is 2.14. The van der Waals surface area contributed by atoms with Crippen molar-refractivity contribution in [2.45, 2.75) is 11.3 Å². The molecule has 0 aliphatic carbocycles. The van der Waals surface area contributed by atoms with Gasteiger partial charge in [-0.15, -0.1) is 24.0 Å². The third-order valence-electron chi connectivity index (χ3n) is 2.98. The van der Waals surface area contributed by atoms with E-state index in [0.717, 1.165) is 24.7 Å². The van der Waals surface area contributed by atoms with Crippen LogP contribution in [0.3, 0.4) is 0 Å². The Balaban J connectivity index is 0.00000120. The van der Waals surface area contributed by atoms with E-state index in [4.69, 9.17) is 0 Å². The Bertz CT molecular complexity index is 564. The number of hydrogen-bond acceptors (Lipinski definition) is 3. The van der Waals surface area contributed by atoms with Crippen LogP contribution in [-0.2, 0) is 0 Å². The highest BCUT2D eigenvalue weighted by atomic mass is 127. The molecule has 0 spiro atoms. The fourth-order valence-electron chi connectivity index (χ4n) is 2.04. The summed E-state index contributed by atoms with van der Waals surface area (Å²) in [4.78, 5) is 11.4. The molecule has 0 atom stereocenters. The Labute approximate surface area is 128 Å². The number of nitrogens with zero attached hydrogens (tertiary/aromatic N) is 2. The van der Waals surface area contributed by atoms with Crippen molar-refractivity contribution in [2.75, 3.05) is 20.1 Å². The maximum atomic E-state index is 4.58. The molecule has 1 aliphatic heterocycles. The van der Waals surface area contributed by atoms with Crippen molar-refractivity contribution >= 4 is 51.8 Å². The maximum Gasteiger partial charge on any atom is 0.163 e. The fourth-order valence-corrected chi connectivity index (χ4v) is 3.04. The fraction of sp³-hybridized carbons (Fsp3) is 0.308. The van der Waals surface area contributed by atoms with Gasteiger partial charge in [0.25, 0.3) is 0 Å². The van der Waals surface area contributed by atoms with Crippen LogP contribution >= 0.6 is 35.7 Å². The lowest BCUT2D eigenvalue weighted by molar-refractivity contribution is 0.477. The van der Waals surface area contributed by atoms with E-state index in [1.54, 1.807) is 11.8 Å². The summed E-state index contributed by atoms with van der Waals surface area (Å²) in [5.74, 6) is 0. The van der Waals surface area contributed by atoms with Crippen molar-refractivity contribution in [3.05, 3.63) is 30.5 Å². The number of aromatic amines is 1. The number of aromatic nitrogens is 1. The molecule has 1 aromatic heterocycles. The van der Waals surface area contributed by atoms with Crippen molar-refractivity contribution in [2.24, 2.45) is 4.99 Å². The molecule has 1 aromatic carbocycles. The van der Waals surface area contributed by atoms with Crippen molar-refractivity contribution < 1.29 is 0 Å². The third kappa shape index (κ3) is 2.66. The predicted octanol–water partition coefficient (Wildman–Crippen LogP) is 3.57. The number of aliphatic imine (C=N–C) groups is 1. The number of para-hydroxylation sites is 1. The number of benzene rings is 1. The van der Waals surface area contributed by atoms with Gasteiger partial charge in [-0.3, -0.25) is 4.99 Å². The van der Waals surface area contributed by atoms with E-state index in [9.17, 15) is 0 Å². The highest BCUT2D eigenvalue weighted by Crippen LogP contribution is 2.30. The summed E-state index contributed by atoms with van der Waals surface area (Å²) < 4.78 is 0. The second kappa shape index (κ2) is 5.97. The molecule has 0 amide bonds. The number of halogens is 1. The lowest BCUT2D eigenvalue weighted by atomic mass is 10.2. The molecule has 0 saturated carbocycles. The van der Waals surface area contributed by atoms with Crippen LogP contribution in [0.15, 0.2) is 40.4 Å². The number of nitrogens with one attached hydrogen (secondary N) is 1. The van der Waals surface area contributed by atoms with Crippen molar-refractivity contribution in [3.63, 3.8) is 0 Å². The number of H-pyrrole nitrogens is 1. The molecule has 18 heavy (non-hydrogen) atoms. The van der Waals surface area contributed by atoms with Crippen LogP contribution < -0.4 is 0 Å². The summed E-state index contributed by atoms with van der Waals surface area (Å²) in [6, 6.07) is 8.38. The van der Waals surface area contributed by atoms with Crippen molar-refractivity contribution in [1.29, 1.82) is 0 Å². The van der Waals surface area contributed by atoms with Gasteiger partial charge < -0.3 is 9.88 Å². The molecule has 2 heterocycles. The molecule has 0 unspecified atom stereocenters. The first-order valence-corrected chi connectivity index (χ1v) is 6.66.